The lowest BCUT2D eigenvalue weighted by Gasteiger charge is -2.44. The predicted octanol–water partition coefficient (Wildman–Crippen LogP) is 3.26. The minimum atomic E-state index is 0.331. The Balaban J connectivity index is 2.50. The van der Waals surface area contributed by atoms with Crippen LogP contribution in [0.15, 0.2) is 0 Å². The molecule has 2 heteroatoms. The number of hydrogen-bond donors (Lipinski definition) is 1. The number of nitrogens with zero attached hydrogens (tertiary/aromatic N) is 1. The molecule has 0 aromatic rings. The third-order valence-electron chi connectivity index (χ3n) is 4.79. The van der Waals surface area contributed by atoms with Crippen LogP contribution < -0.4 is 5.73 Å². The van der Waals surface area contributed by atoms with E-state index < -0.39 is 0 Å². The second-order valence-electron chi connectivity index (χ2n) is 6.74. The van der Waals surface area contributed by atoms with Crippen LogP contribution in [0.5, 0.6) is 0 Å². The summed E-state index contributed by atoms with van der Waals surface area (Å²) in [7, 11) is 2.26. The molecule has 0 saturated heterocycles. The molecule has 1 aliphatic carbocycles. The van der Waals surface area contributed by atoms with Gasteiger partial charge in [0.25, 0.3) is 0 Å². The smallest absolute Gasteiger partial charge is 0.0131 e. The van der Waals surface area contributed by atoms with E-state index in [1.165, 1.54) is 38.6 Å². The monoisotopic (exact) mass is 240 g/mol. The topological polar surface area (TPSA) is 29.3 Å². The molecule has 1 fully saturated rings. The Morgan fingerprint density at radius 2 is 2.06 bits per heavy atom. The van der Waals surface area contributed by atoms with Crippen LogP contribution >= 0.6 is 0 Å². The number of hydrogen-bond acceptors (Lipinski definition) is 2. The average molecular weight is 240 g/mol. The number of rotatable bonds is 5. The Bertz CT molecular complexity index is 225. The summed E-state index contributed by atoms with van der Waals surface area (Å²) in [6, 6.07) is 1.06. The fourth-order valence-electron chi connectivity index (χ4n) is 3.20. The average Bonchev–Trinajstić information content (AvgIpc) is 2.25. The van der Waals surface area contributed by atoms with Crippen molar-refractivity contribution in [1.29, 1.82) is 0 Å². The molecule has 0 spiro atoms. The molecule has 0 heterocycles. The Kier molecular flexibility index (Phi) is 5.46. The van der Waals surface area contributed by atoms with Crippen LogP contribution in [0.3, 0.4) is 0 Å². The quantitative estimate of drug-likeness (QED) is 0.799. The first-order valence-electron chi connectivity index (χ1n) is 7.34. The molecule has 0 radical (unpaired) electrons. The molecule has 0 aromatic heterocycles. The molecule has 3 unspecified atom stereocenters. The van der Waals surface area contributed by atoms with Gasteiger partial charge in [-0.15, -0.1) is 0 Å². The third kappa shape index (κ3) is 3.96. The van der Waals surface area contributed by atoms with Crippen molar-refractivity contribution in [3.63, 3.8) is 0 Å². The first-order valence-corrected chi connectivity index (χ1v) is 7.34. The van der Waals surface area contributed by atoms with Gasteiger partial charge >= 0.3 is 0 Å². The summed E-state index contributed by atoms with van der Waals surface area (Å²) in [4.78, 5) is 2.51. The molecule has 17 heavy (non-hydrogen) atoms. The van der Waals surface area contributed by atoms with E-state index in [2.05, 4.69) is 39.6 Å². The maximum Gasteiger partial charge on any atom is 0.0131 e. The molecule has 0 amide bonds. The number of nitrogens with two attached hydrogens (primary N) is 1. The summed E-state index contributed by atoms with van der Waals surface area (Å²) in [5.74, 6) is 0.683. The fourth-order valence-corrected chi connectivity index (χ4v) is 3.20. The van der Waals surface area contributed by atoms with Crippen molar-refractivity contribution in [2.45, 2.75) is 71.9 Å². The summed E-state index contributed by atoms with van der Waals surface area (Å²) in [5, 5.41) is 0. The van der Waals surface area contributed by atoms with Crippen molar-refractivity contribution in [3.05, 3.63) is 0 Å². The standard InChI is InChI=1S/C15H32N2/c1-6-8-12(2)17(5)11-13-9-7-10-15(3,4)14(13)16/h12-14H,6-11,16H2,1-5H3. The van der Waals surface area contributed by atoms with E-state index in [0.29, 0.717) is 23.4 Å². The molecule has 1 rings (SSSR count). The highest BCUT2D eigenvalue weighted by molar-refractivity contribution is 4.92. The Morgan fingerprint density at radius 1 is 1.41 bits per heavy atom. The van der Waals surface area contributed by atoms with Crippen LogP contribution in [-0.2, 0) is 0 Å². The maximum atomic E-state index is 6.45. The zero-order valence-corrected chi connectivity index (χ0v) is 12.5. The summed E-state index contributed by atoms with van der Waals surface area (Å²) < 4.78 is 0. The van der Waals surface area contributed by atoms with Crippen molar-refractivity contribution in [2.75, 3.05) is 13.6 Å². The lowest BCUT2D eigenvalue weighted by Crippen LogP contribution is -2.50. The van der Waals surface area contributed by atoms with E-state index in [-0.39, 0.29) is 0 Å². The Labute approximate surface area is 108 Å². The largest absolute Gasteiger partial charge is 0.327 e. The molecular weight excluding hydrogens is 208 g/mol. The maximum absolute atomic E-state index is 6.45. The van der Waals surface area contributed by atoms with Gasteiger partial charge in [-0.3, -0.25) is 0 Å². The van der Waals surface area contributed by atoms with Gasteiger partial charge in [-0.05, 0) is 44.6 Å². The van der Waals surface area contributed by atoms with Gasteiger partial charge in [0.1, 0.15) is 0 Å². The molecule has 3 atom stereocenters. The molecular formula is C15H32N2. The van der Waals surface area contributed by atoms with Gasteiger partial charge in [-0.1, -0.05) is 33.6 Å². The lowest BCUT2D eigenvalue weighted by molar-refractivity contribution is 0.0972. The summed E-state index contributed by atoms with van der Waals surface area (Å²) in [5.41, 5.74) is 6.78. The van der Waals surface area contributed by atoms with Crippen LogP contribution in [0.2, 0.25) is 0 Å². The zero-order valence-electron chi connectivity index (χ0n) is 12.5. The van der Waals surface area contributed by atoms with Crippen molar-refractivity contribution < 1.29 is 0 Å². The van der Waals surface area contributed by atoms with E-state index in [1.54, 1.807) is 0 Å². The highest BCUT2D eigenvalue weighted by Crippen LogP contribution is 2.38. The molecule has 0 aromatic carbocycles. The highest BCUT2D eigenvalue weighted by Gasteiger charge is 2.36. The van der Waals surface area contributed by atoms with E-state index in [9.17, 15) is 0 Å². The fraction of sp³-hybridized carbons (Fsp3) is 1.00. The molecule has 2 nitrogen and oxygen atoms in total. The molecule has 1 aliphatic rings. The van der Waals surface area contributed by atoms with E-state index in [0.717, 1.165) is 0 Å². The first kappa shape index (κ1) is 15.0. The van der Waals surface area contributed by atoms with E-state index >= 15 is 0 Å². The normalized spacial score (nSPS) is 30.5. The van der Waals surface area contributed by atoms with Gasteiger partial charge in [-0.2, -0.15) is 0 Å². The first-order chi connectivity index (χ1) is 7.88. The highest BCUT2D eigenvalue weighted by atomic mass is 15.1. The van der Waals surface area contributed by atoms with Crippen LogP contribution in [0.4, 0.5) is 0 Å². The van der Waals surface area contributed by atoms with Gasteiger partial charge in [0.15, 0.2) is 0 Å². The van der Waals surface area contributed by atoms with E-state index in [4.69, 9.17) is 5.73 Å². The van der Waals surface area contributed by atoms with Gasteiger partial charge in [0, 0.05) is 18.6 Å². The van der Waals surface area contributed by atoms with Gasteiger partial charge < -0.3 is 10.6 Å². The zero-order chi connectivity index (χ0) is 13.1. The van der Waals surface area contributed by atoms with Gasteiger partial charge in [0.2, 0.25) is 0 Å². The summed E-state index contributed by atoms with van der Waals surface area (Å²) >= 11 is 0. The second kappa shape index (κ2) is 6.19. The molecule has 2 N–H and O–H groups in total. The summed E-state index contributed by atoms with van der Waals surface area (Å²) in [6.45, 7) is 10.4. The Hall–Kier alpha value is -0.0800. The minimum Gasteiger partial charge on any atom is -0.327 e. The van der Waals surface area contributed by atoms with Crippen molar-refractivity contribution in [3.8, 4) is 0 Å². The SMILES string of the molecule is CCCC(C)N(C)CC1CCCC(C)(C)C1N. The van der Waals surface area contributed by atoms with Crippen molar-refractivity contribution in [1.82, 2.24) is 4.90 Å². The minimum absolute atomic E-state index is 0.331. The molecule has 0 aliphatic heterocycles. The van der Waals surface area contributed by atoms with E-state index in [1.807, 2.05) is 0 Å². The summed E-state index contributed by atoms with van der Waals surface area (Å²) in [6.07, 6.45) is 6.52. The van der Waals surface area contributed by atoms with Gasteiger partial charge in [0.05, 0.1) is 0 Å². The molecule has 102 valence electrons. The molecule has 0 bridgehead atoms. The lowest BCUT2D eigenvalue weighted by atomic mass is 9.68. The van der Waals surface area contributed by atoms with Crippen molar-refractivity contribution in [2.24, 2.45) is 17.1 Å². The van der Waals surface area contributed by atoms with Gasteiger partial charge in [-0.25, -0.2) is 0 Å². The Morgan fingerprint density at radius 3 is 2.65 bits per heavy atom. The van der Waals surface area contributed by atoms with Crippen molar-refractivity contribution >= 4 is 0 Å². The predicted molar refractivity (Wildman–Crippen MR) is 76.1 cm³/mol. The van der Waals surface area contributed by atoms with Crippen LogP contribution in [0.1, 0.15) is 59.8 Å². The second-order valence-corrected chi connectivity index (χ2v) is 6.74. The van der Waals surface area contributed by atoms with Crippen LogP contribution in [0, 0.1) is 11.3 Å². The molecule has 1 saturated carbocycles. The van der Waals surface area contributed by atoms with Crippen LogP contribution in [-0.4, -0.2) is 30.6 Å². The third-order valence-corrected chi connectivity index (χ3v) is 4.79. The van der Waals surface area contributed by atoms with Crippen LogP contribution in [0.25, 0.3) is 0 Å².